The molecule has 26 heavy (non-hydrogen) atoms. The quantitative estimate of drug-likeness (QED) is 0.759. The van der Waals surface area contributed by atoms with Gasteiger partial charge in [0.25, 0.3) is 5.91 Å². The largest absolute Gasteiger partial charge is 0.353 e. The van der Waals surface area contributed by atoms with Crippen molar-refractivity contribution in [1.82, 2.24) is 14.9 Å². The summed E-state index contributed by atoms with van der Waals surface area (Å²) in [5, 5.41) is 9.36. The number of hydrogen-bond donors (Lipinski definition) is 0. The lowest BCUT2D eigenvalue weighted by Crippen LogP contribution is -2.50. The van der Waals surface area contributed by atoms with Gasteiger partial charge in [-0.2, -0.15) is 5.26 Å². The number of carbonyl (C=O) groups is 1. The SMILES string of the molecule is N#Cc1cccnc1N1CCC2CCN(C(=O)c3cncc(Br)c3)C2C1. The van der Waals surface area contributed by atoms with E-state index in [4.69, 9.17) is 0 Å². The minimum Gasteiger partial charge on any atom is -0.353 e. The molecule has 4 heterocycles. The fourth-order valence-electron chi connectivity index (χ4n) is 4.02. The summed E-state index contributed by atoms with van der Waals surface area (Å²) < 4.78 is 0.802. The fourth-order valence-corrected chi connectivity index (χ4v) is 4.38. The maximum absolute atomic E-state index is 13.0. The number of anilines is 1. The van der Waals surface area contributed by atoms with Crippen LogP contribution in [0.2, 0.25) is 0 Å². The number of hydrogen-bond acceptors (Lipinski definition) is 5. The van der Waals surface area contributed by atoms with E-state index in [0.29, 0.717) is 23.6 Å². The van der Waals surface area contributed by atoms with Crippen molar-refractivity contribution in [1.29, 1.82) is 5.26 Å². The summed E-state index contributed by atoms with van der Waals surface area (Å²) in [5.74, 6) is 1.25. The van der Waals surface area contributed by atoms with Gasteiger partial charge in [0, 0.05) is 42.7 Å². The Morgan fingerprint density at radius 3 is 2.96 bits per heavy atom. The Hall–Kier alpha value is -2.46. The van der Waals surface area contributed by atoms with Crippen molar-refractivity contribution in [2.75, 3.05) is 24.5 Å². The Balaban J connectivity index is 1.57. The Morgan fingerprint density at radius 1 is 1.31 bits per heavy atom. The molecule has 2 atom stereocenters. The molecule has 0 spiro atoms. The van der Waals surface area contributed by atoms with E-state index in [0.717, 1.165) is 36.2 Å². The third-order valence-electron chi connectivity index (χ3n) is 5.28. The molecule has 0 bridgehead atoms. The van der Waals surface area contributed by atoms with Gasteiger partial charge in [0.1, 0.15) is 11.9 Å². The van der Waals surface area contributed by atoms with Gasteiger partial charge in [-0.1, -0.05) is 0 Å². The fraction of sp³-hybridized carbons (Fsp3) is 0.368. The number of nitrogens with zero attached hydrogens (tertiary/aromatic N) is 5. The normalized spacial score (nSPS) is 22.0. The van der Waals surface area contributed by atoms with E-state index in [9.17, 15) is 10.1 Å². The first-order valence-electron chi connectivity index (χ1n) is 8.69. The van der Waals surface area contributed by atoms with Crippen LogP contribution in [0.4, 0.5) is 5.82 Å². The molecule has 2 fully saturated rings. The van der Waals surface area contributed by atoms with E-state index in [-0.39, 0.29) is 11.9 Å². The number of carbonyl (C=O) groups excluding carboxylic acids is 1. The first-order chi connectivity index (χ1) is 12.7. The number of likely N-dealkylation sites (tertiary alicyclic amines) is 1. The highest BCUT2D eigenvalue weighted by atomic mass is 79.9. The van der Waals surface area contributed by atoms with Gasteiger partial charge in [-0.15, -0.1) is 0 Å². The lowest BCUT2D eigenvalue weighted by atomic mass is 9.92. The first-order valence-corrected chi connectivity index (χ1v) is 9.48. The van der Waals surface area contributed by atoms with Gasteiger partial charge in [0.2, 0.25) is 0 Å². The lowest BCUT2D eigenvalue weighted by Gasteiger charge is -2.39. The van der Waals surface area contributed by atoms with Gasteiger partial charge in [0.05, 0.1) is 17.2 Å². The average molecular weight is 412 g/mol. The highest BCUT2D eigenvalue weighted by Crippen LogP contribution is 2.34. The zero-order valence-corrected chi connectivity index (χ0v) is 15.8. The summed E-state index contributed by atoms with van der Waals surface area (Å²) in [6, 6.07) is 7.75. The van der Waals surface area contributed by atoms with Crippen LogP contribution in [-0.4, -0.2) is 46.5 Å². The van der Waals surface area contributed by atoms with Crippen molar-refractivity contribution in [3.8, 4) is 6.07 Å². The monoisotopic (exact) mass is 411 g/mol. The van der Waals surface area contributed by atoms with Gasteiger partial charge in [-0.05, 0) is 52.9 Å². The molecule has 2 saturated heterocycles. The number of rotatable bonds is 2. The topological polar surface area (TPSA) is 73.1 Å². The number of halogens is 1. The predicted octanol–water partition coefficient (Wildman–Crippen LogP) is 2.85. The molecule has 2 unspecified atom stereocenters. The molecule has 2 aliphatic rings. The lowest BCUT2D eigenvalue weighted by molar-refractivity contribution is 0.0711. The van der Waals surface area contributed by atoms with Crippen LogP contribution in [0, 0.1) is 17.2 Å². The molecule has 1 amide bonds. The molecule has 2 aromatic rings. The summed E-state index contributed by atoms with van der Waals surface area (Å²) in [6.45, 7) is 2.35. The maximum Gasteiger partial charge on any atom is 0.255 e. The van der Waals surface area contributed by atoms with E-state index in [2.05, 4.69) is 36.9 Å². The summed E-state index contributed by atoms with van der Waals surface area (Å²) in [5.41, 5.74) is 1.19. The van der Waals surface area contributed by atoms with E-state index in [1.54, 1.807) is 30.7 Å². The highest BCUT2D eigenvalue weighted by Gasteiger charge is 2.41. The molecule has 6 nitrogen and oxygen atoms in total. The third kappa shape index (κ3) is 3.06. The van der Waals surface area contributed by atoms with Crippen LogP contribution in [-0.2, 0) is 0 Å². The molecule has 132 valence electrons. The van der Waals surface area contributed by atoms with Gasteiger partial charge >= 0.3 is 0 Å². The summed E-state index contributed by atoms with van der Waals surface area (Å²) in [7, 11) is 0. The van der Waals surface area contributed by atoms with Gasteiger partial charge in [-0.25, -0.2) is 4.98 Å². The second-order valence-corrected chi connectivity index (χ2v) is 7.64. The second-order valence-electron chi connectivity index (χ2n) is 6.73. The molecule has 0 saturated carbocycles. The maximum atomic E-state index is 13.0. The number of amides is 1. The van der Waals surface area contributed by atoms with Crippen LogP contribution >= 0.6 is 15.9 Å². The van der Waals surface area contributed by atoms with Crippen molar-refractivity contribution >= 4 is 27.7 Å². The van der Waals surface area contributed by atoms with Crippen LogP contribution in [0.5, 0.6) is 0 Å². The average Bonchev–Trinajstić information content (AvgIpc) is 3.10. The van der Waals surface area contributed by atoms with Gasteiger partial charge in [0.15, 0.2) is 0 Å². The molecule has 0 aliphatic carbocycles. The molecule has 0 aromatic carbocycles. The molecule has 0 radical (unpaired) electrons. The summed E-state index contributed by atoms with van der Waals surface area (Å²) in [6.07, 6.45) is 7.04. The second kappa shape index (κ2) is 7.04. The van der Waals surface area contributed by atoms with Crippen LogP contribution in [0.3, 0.4) is 0 Å². The summed E-state index contributed by atoms with van der Waals surface area (Å²) in [4.78, 5) is 25.6. The Labute approximate surface area is 160 Å². The van der Waals surface area contributed by atoms with Crippen LogP contribution in [0.25, 0.3) is 0 Å². The number of pyridine rings is 2. The first kappa shape index (κ1) is 17.0. The van der Waals surface area contributed by atoms with Crippen molar-refractivity contribution in [2.45, 2.75) is 18.9 Å². The van der Waals surface area contributed by atoms with Gasteiger partial charge in [-0.3, -0.25) is 9.78 Å². The van der Waals surface area contributed by atoms with Crippen LogP contribution in [0.15, 0.2) is 41.3 Å². The molecule has 7 heteroatoms. The predicted molar refractivity (Wildman–Crippen MR) is 101 cm³/mol. The molecule has 2 aliphatic heterocycles. The molecular weight excluding hydrogens is 394 g/mol. The van der Waals surface area contributed by atoms with Crippen LogP contribution < -0.4 is 4.90 Å². The minimum atomic E-state index is 0.0228. The van der Waals surface area contributed by atoms with Crippen molar-refractivity contribution in [2.24, 2.45) is 5.92 Å². The molecule has 2 aromatic heterocycles. The smallest absolute Gasteiger partial charge is 0.255 e. The van der Waals surface area contributed by atoms with Crippen molar-refractivity contribution in [3.63, 3.8) is 0 Å². The minimum absolute atomic E-state index is 0.0228. The Bertz CT molecular complexity index is 880. The number of fused-ring (bicyclic) bond motifs is 1. The molecule has 4 rings (SSSR count). The number of aromatic nitrogens is 2. The highest BCUT2D eigenvalue weighted by molar-refractivity contribution is 9.10. The van der Waals surface area contributed by atoms with Crippen LogP contribution in [0.1, 0.15) is 28.8 Å². The van der Waals surface area contributed by atoms with E-state index >= 15 is 0 Å². The van der Waals surface area contributed by atoms with E-state index in [1.807, 2.05) is 11.0 Å². The number of nitriles is 1. The number of piperidine rings is 1. The Morgan fingerprint density at radius 2 is 2.15 bits per heavy atom. The van der Waals surface area contributed by atoms with Crippen molar-refractivity contribution < 1.29 is 4.79 Å². The van der Waals surface area contributed by atoms with E-state index < -0.39 is 0 Å². The standard InChI is InChI=1S/C19H18BrN5O/c20-16-8-15(10-22-11-16)19(26)25-7-4-13-3-6-24(12-17(13)25)18-14(9-21)2-1-5-23-18/h1-2,5,8,10-11,13,17H,3-4,6-7,12H2. The summed E-state index contributed by atoms with van der Waals surface area (Å²) >= 11 is 3.38. The third-order valence-corrected chi connectivity index (χ3v) is 5.72. The molecule has 0 N–H and O–H groups in total. The Kier molecular flexibility index (Phi) is 4.60. The van der Waals surface area contributed by atoms with E-state index in [1.165, 1.54) is 0 Å². The van der Waals surface area contributed by atoms with Gasteiger partial charge < -0.3 is 9.80 Å². The van der Waals surface area contributed by atoms with Crippen molar-refractivity contribution in [3.05, 3.63) is 52.4 Å². The zero-order valence-electron chi connectivity index (χ0n) is 14.2. The molecular formula is C19H18BrN5O. The zero-order chi connectivity index (χ0) is 18.1.